The van der Waals surface area contributed by atoms with Crippen LogP contribution in [0.2, 0.25) is 0 Å². The highest BCUT2D eigenvalue weighted by atomic mass is 16.5. The molecule has 1 rings (SSSR count). The quantitative estimate of drug-likeness (QED) is 0.685. The van der Waals surface area contributed by atoms with E-state index in [0.717, 1.165) is 12.0 Å². The normalized spacial score (nSPS) is 10.5. The summed E-state index contributed by atoms with van der Waals surface area (Å²) in [5.41, 5.74) is 6.38. The smallest absolute Gasteiger partial charge is 0.227 e. The summed E-state index contributed by atoms with van der Waals surface area (Å²) < 4.78 is 6.87. The standard InChI is InChI=1S/C11H20N4O2/c1-3-5-17-6-4-10(16)13-11-9(7-12)8-15(2)14-11/h8H,3-7,12H2,1-2H3,(H,13,14,16). The molecule has 0 aromatic carbocycles. The SMILES string of the molecule is CCCOCCC(=O)Nc1nn(C)cc1CN. The molecule has 0 spiro atoms. The van der Waals surface area contributed by atoms with Crippen LogP contribution in [0.15, 0.2) is 6.20 Å². The molecule has 6 heteroatoms. The van der Waals surface area contributed by atoms with E-state index in [1.165, 1.54) is 0 Å². The number of aryl methyl sites for hydroxylation is 1. The monoisotopic (exact) mass is 240 g/mol. The highest BCUT2D eigenvalue weighted by Gasteiger charge is 2.09. The number of rotatable bonds is 7. The van der Waals surface area contributed by atoms with E-state index in [9.17, 15) is 4.79 Å². The first-order valence-corrected chi connectivity index (χ1v) is 5.77. The molecule has 0 aliphatic carbocycles. The van der Waals surface area contributed by atoms with E-state index < -0.39 is 0 Å². The van der Waals surface area contributed by atoms with Crippen molar-refractivity contribution in [2.45, 2.75) is 26.3 Å². The summed E-state index contributed by atoms with van der Waals surface area (Å²) >= 11 is 0. The molecule has 0 saturated heterocycles. The van der Waals surface area contributed by atoms with Crippen LogP contribution in [0.3, 0.4) is 0 Å². The summed E-state index contributed by atoms with van der Waals surface area (Å²) in [5.74, 6) is 0.435. The number of nitrogens with zero attached hydrogens (tertiary/aromatic N) is 2. The first-order valence-electron chi connectivity index (χ1n) is 5.77. The van der Waals surface area contributed by atoms with Crippen LogP contribution in [0.1, 0.15) is 25.3 Å². The first kappa shape index (κ1) is 13.7. The zero-order valence-electron chi connectivity index (χ0n) is 10.4. The van der Waals surface area contributed by atoms with Crippen LogP contribution in [0, 0.1) is 0 Å². The molecule has 6 nitrogen and oxygen atoms in total. The van der Waals surface area contributed by atoms with Crippen molar-refractivity contribution in [3.63, 3.8) is 0 Å². The highest BCUT2D eigenvalue weighted by Crippen LogP contribution is 2.11. The number of carbonyl (C=O) groups is 1. The third-order valence-corrected chi connectivity index (χ3v) is 2.20. The Morgan fingerprint density at radius 1 is 1.59 bits per heavy atom. The topological polar surface area (TPSA) is 82.2 Å². The molecule has 1 aromatic heterocycles. The maximum Gasteiger partial charge on any atom is 0.227 e. The second-order valence-electron chi connectivity index (χ2n) is 3.79. The van der Waals surface area contributed by atoms with E-state index in [-0.39, 0.29) is 5.91 Å². The minimum atomic E-state index is -0.102. The third kappa shape index (κ3) is 4.54. The lowest BCUT2D eigenvalue weighted by Crippen LogP contribution is -2.16. The number of nitrogens with two attached hydrogens (primary N) is 1. The van der Waals surface area contributed by atoms with Gasteiger partial charge in [0.25, 0.3) is 0 Å². The van der Waals surface area contributed by atoms with E-state index >= 15 is 0 Å². The van der Waals surface area contributed by atoms with Gasteiger partial charge in [-0.15, -0.1) is 0 Å². The Balaban J connectivity index is 2.39. The third-order valence-electron chi connectivity index (χ3n) is 2.20. The van der Waals surface area contributed by atoms with Crippen LogP contribution in [-0.2, 0) is 23.1 Å². The van der Waals surface area contributed by atoms with Gasteiger partial charge < -0.3 is 15.8 Å². The van der Waals surface area contributed by atoms with Crippen LogP contribution in [0.25, 0.3) is 0 Å². The molecular weight excluding hydrogens is 220 g/mol. The van der Waals surface area contributed by atoms with Gasteiger partial charge in [-0.2, -0.15) is 5.10 Å². The lowest BCUT2D eigenvalue weighted by atomic mass is 10.3. The van der Waals surface area contributed by atoms with Crippen molar-refractivity contribution < 1.29 is 9.53 Å². The molecule has 0 saturated carbocycles. The van der Waals surface area contributed by atoms with Crippen molar-refractivity contribution in [2.24, 2.45) is 12.8 Å². The minimum absolute atomic E-state index is 0.102. The number of hydrogen-bond acceptors (Lipinski definition) is 4. The summed E-state index contributed by atoms with van der Waals surface area (Å²) in [4.78, 5) is 11.6. The van der Waals surface area contributed by atoms with Gasteiger partial charge in [0.05, 0.1) is 13.0 Å². The highest BCUT2D eigenvalue weighted by molar-refractivity contribution is 5.90. The average molecular weight is 240 g/mol. The van der Waals surface area contributed by atoms with E-state index in [1.807, 2.05) is 6.92 Å². The fourth-order valence-electron chi connectivity index (χ4n) is 1.40. The van der Waals surface area contributed by atoms with Gasteiger partial charge in [-0.05, 0) is 6.42 Å². The number of carbonyl (C=O) groups excluding carboxylic acids is 1. The van der Waals surface area contributed by atoms with Gasteiger partial charge in [-0.1, -0.05) is 6.92 Å². The molecule has 1 heterocycles. The maximum atomic E-state index is 11.6. The summed E-state index contributed by atoms with van der Waals surface area (Å²) in [6, 6.07) is 0. The number of ether oxygens (including phenoxy) is 1. The lowest BCUT2D eigenvalue weighted by molar-refractivity contribution is -0.117. The fourth-order valence-corrected chi connectivity index (χ4v) is 1.40. The van der Waals surface area contributed by atoms with Crippen LogP contribution in [0.5, 0.6) is 0 Å². The van der Waals surface area contributed by atoms with Crippen LogP contribution >= 0.6 is 0 Å². The molecule has 1 amide bonds. The molecule has 96 valence electrons. The average Bonchev–Trinajstić information content (AvgIpc) is 2.65. The number of anilines is 1. The van der Waals surface area contributed by atoms with E-state index in [0.29, 0.717) is 32.0 Å². The predicted octanol–water partition coefficient (Wildman–Crippen LogP) is 0.634. The van der Waals surface area contributed by atoms with Gasteiger partial charge in [-0.3, -0.25) is 9.48 Å². The summed E-state index contributed by atoms with van der Waals surface area (Å²) in [6.07, 6.45) is 3.09. The van der Waals surface area contributed by atoms with Gasteiger partial charge in [0.15, 0.2) is 5.82 Å². The molecule has 3 N–H and O–H groups in total. The van der Waals surface area contributed by atoms with E-state index in [4.69, 9.17) is 10.5 Å². The first-order chi connectivity index (χ1) is 8.17. The number of hydrogen-bond donors (Lipinski definition) is 2. The Morgan fingerprint density at radius 3 is 3.00 bits per heavy atom. The van der Waals surface area contributed by atoms with Gasteiger partial charge in [0, 0.05) is 32.0 Å². The lowest BCUT2D eigenvalue weighted by Gasteiger charge is -2.04. The second-order valence-corrected chi connectivity index (χ2v) is 3.79. The Kier molecular flexibility index (Phi) is 5.65. The Bertz CT molecular complexity index is 362. The summed E-state index contributed by atoms with van der Waals surface area (Å²) in [6.45, 7) is 3.51. The van der Waals surface area contributed by atoms with Crippen molar-refractivity contribution in [2.75, 3.05) is 18.5 Å². The molecule has 0 aliphatic rings. The number of nitrogens with one attached hydrogen (secondary N) is 1. The number of amides is 1. The molecule has 0 radical (unpaired) electrons. The Labute approximate surface area is 101 Å². The van der Waals surface area contributed by atoms with Crippen LogP contribution < -0.4 is 11.1 Å². The second kappa shape index (κ2) is 7.03. The molecule has 1 aromatic rings. The fraction of sp³-hybridized carbons (Fsp3) is 0.636. The van der Waals surface area contributed by atoms with Crippen molar-refractivity contribution >= 4 is 11.7 Å². The Morgan fingerprint density at radius 2 is 2.35 bits per heavy atom. The molecule has 0 bridgehead atoms. The van der Waals surface area contributed by atoms with Gasteiger partial charge >= 0.3 is 0 Å². The molecule has 0 unspecified atom stereocenters. The predicted molar refractivity (Wildman–Crippen MR) is 65.5 cm³/mol. The molecule has 0 fully saturated rings. The molecule has 17 heavy (non-hydrogen) atoms. The van der Waals surface area contributed by atoms with Crippen molar-refractivity contribution in [1.29, 1.82) is 0 Å². The minimum Gasteiger partial charge on any atom is -0.381 e. The zero-order valence-corrected chi connectivity index (χ0v) is 10.4. The van der Waals surface area contributed by atoms with Crippen molar-refractivity contribution in [1.82, 2.24) is 9.78 Å². The van der Waals surface area contributed by atoms with Crippen molar-refractivity contribution in [3.05, 3.63) is 11.8 Å². The summed E-state index contributed by atoms with van der Waals surface area (Å²) in [7, 11) is 1.79. The molecule has 0 aliphatic heterocycles. The maximum absolute atomic E-state index is 11.6. The van der Waals surface area contributed by atoms with Crippen LogP contribution in [-0.4, -0.2) is 28.9 Å². The summed E-state index contributed by atoms with van der Waals surface area (Å²) in [5, 5.41) is 6.86. The van der Waals surface area contributed by atoms with E-state index in [2.05, 4.69) is 10.4 Å². The molecular formula is C11H20N4O2. The molecule has 0 atom stereocenters. The number of aromatic nitrogens is 2. The van der Waals surface area contributed by atoms with Gasteiger partial charge in [0.2, 0.25) is 5.91 Å². The van der Waals surface area contributed by atoms with Gasteiger partial charge in [-0.25, -0.2) is 0 Å². The van der Waals surface area contributed by atoms with Crippen molar-refractivity contribution in [3.8, 4) is 0 Å². The largest absolute Gasteiger partial charge is 0.381 e. The van der Waals surface area contributed by atoms with Gasteiger partial charge in [0.1, 0.15) is 0 Å². The Hall–Kier alpha value is -1.40. The van der Waals surface area contributed by atoms with E-state index in [1.54, 1.807) is 17.9 Å². The zero-order chi connectivity index (χ0) is 12.7. The van der Waals surface area contributed by atoms with Crippen LogP contribution in [0.4, 0.5) is 5.82 Å².